The molecule has 0 radical (unpaired) electrons. The third kappa shape index (κ3) is 0.937. The first-order valence-corrected chi connectivity index (χ1v) is 2.54. The first-order valence-electron chi connectivity index (χ1n) is 2.54. The Kier molecular flexibility index (Phi) is 1.26. The summed E-state index contributed by atoms with van der Waals surface area (Å²) >= 11 is 0. The number of rotatable bonds is 0. The van der Waals surface area contributed by atoms with Crippen LogP contribution in [0, 0.1) is 0 Å². The van der Waals surface area contributed by atoms with Gasteiger partial charge >= 0.3 is 0 Å². The van der Waals surface area contributed by atoms with Crippen molar-refractivity contribution in [3.8, 4) is 0 Å². The number of aliphatic hydroxyl groups is 2. The lowest BCUT2D eigenvalue weighted by Gasteiger charge is -2.02. The van der Waals surface area contributed by atoms with Gasteiger partial charge in [-0.2, -0.15) is 0 Å². The van der Waals surface area contributed by atoms with E-state index in [1.807, 2.05) is 0 Å². The Balaban J connectivity index is 2.92. The molecular weight excluding hydrogens is 120 g/mol. The largest absolute Gasteiger partial charge is 0.508 e. The molecule has 0 bridgehead atoms. The van der Waals surface area contributed by atoms with E-state index in [2.05, 4.69) is 0 Å². The van der Waals surface area contributed by atoms with E-state index in [1.54, 1.807) is 0 Å². The van der Waals surface area contributed by atoms with Gasteiger partial charge in [-0.1, -0.05) is 6.08 Å². The Morgan fingerprint density at radius 2 is 2.11 bits per heavy atom. The van der Waals surface area contributed by atoms with Gasteiger partial charge in [0.05, 0.1) is 0 Å². The lowest BCUT2D eigenvalue weighted by atomic mass is 10.1. The highest BCUT2D eigenvalue weighted by molar-refractivity contribution is 6.03. The van der Waals surface area contributed by atoms with E-state index >= 15 is 0 Å². The number of hydrogen-bond acceptors (Lipinski definition) is 3. The molecule has 1 aliphatic carbocycles. The third-order valence-electron chi connectivity index (χ3n) is 1.09. The molecule has 1 rings (SSSR count). The molecule has 0 unspecified atom stereocenters. The predicted molar refractivity (Wildman–Crippen MR) is 31.0 cm³/mol. The lowest BCUT2D eigenvalue weighted by Crippen LogP contribution is -2.05. The van der Waals surface area contributed by atoms with Crippen molar-refractivity contribution in [1.29, 1.82) is 0 Å². The highest BCUT2D eigenvalue weighted by Crippen LogP contribution is 2.10. The zero-order valence-electron chi connectivity index (χ0n) is 4.66. The number of aliphatic hydroxyl groups excluding tert-OH is 2. The summed E-state index contributed by atoms with van der Waals surface area (Å²) in [4.78, 5) is 10.4. The second kappa shape index (κ2) is 1.93. The molecule has 0 saturated heterocycles. The smallest absolute Gasteiger partial charge is 0.223 e. The molecule has 48 valence electrons. The van der Waals surface area contributed by atoms with Gasteiger partial charge in [-0.25, -0.2) is 0 Å². The number of hydrogen-bond donors (Lipinski definition) is 2. The summed E-state index contributed by atoms with van der Waals surface area (Å²) in [5, 5.41) is 17.4. The third-order valence-corrected chi connectivity index (χ3v) is 1.09. The summed E-state index contributed by atoms with van der Waals surface area (Å²) in [6.07, 6.45) is 2.98. The van der Waals surface area contributed by atoms with Gasteiger partial charge in [0, 0.05) is 6.42 Å². The van der Waals surface area contributed by atoms with E-state index < -0.39 is 11.5 Å². The highest BCUT2D eigenvalue weighted by atomic mass is 16.3. The predicted octanol–water partition coefficient (Wildman–Crippen LogP) is 0.843. The van der Waals surface area contributed by atoms with Gasteiger partial charge in [-0.3, -0.25) is 4.79 Å². The molecule has 0 aromatic rings. The SMILES string of the molecule is O=C1C=CCC(O)=C1O. The average molecular weight is 126 g/mol. The van der Waals surface area contributed by atoms with Crippen LogP contribution >= 0.6 is 0 Å². The molecule has 2 N–H and O–H groups in total. The van der Waals surface area contributed by atoms with Gasteiger partial charge in [0.1, 0.15) is 5.76 Å². The zero-order valence-corrected chi connectivity index (χ0v) is 4.66. The number of allylic oxidation sites excluding steroid dienone is 2. The summed E-state index contributed by atoms with van der Waals surface area (Å²) in [5.74, 6) is -1.31. The Labute approximate surface area is 51.9 Å². The summed E-state index contributed by atoms with van der Waals surface area (Å²) < 4.78 is 0. The van der Waals surface area contributed by atoms with Crippen LogP contribution in [-0.4, -0.2) is 16.0 Å². The Hall–Kier alpha value is -1.25. The van der Waals surface area contributed by atoms with Crippen LogP contribution in [-0.2, 0) is 4.79 Å². The Morgan fingerprint density at radius 3 is 2.56 bits per heavy atom. The van der Waals surface area contributed by atoms with E-state index in [-0.39, 0.29) is 12.2 Å². The minimum absolute atomic E-state index is 0.248. The molecule has 0 aliphatic heterocycles. The molecule has 0 atom stereocenters. The topological polar surface area (TPSA) is 57.5 Å². The van der Waals surface area contributed by atoms with Gasteiger partial charge in [0.15, 0.2) is 0 Å². The standard InChI is InChI=1S/C6H6O3/c7-4-2-1-3-5(8)6(4)9/h1-2,8-9H,3H2. The molecule has 0 amide bonds. The second-order valence-corrected chi connectivity index (χ2v) is 1.77. The minimum Gasteiger partial charge on any atom is -0.508 e. The molecule has 0 saturated carbocycles. The van der Waals surface area contributed by atoms with E-state index in [4.69, 9.17) is 10.2 Å². The van der Waals surface area contributed by atoms with Crippen LogP contribution < -0.4 is 0 Å². The fraction of sp³-hybridized carbons (Fsp3) is 0.167. The van der Waals surface area contributed by atoms with E-state index in [1.165, 1.54) is 12.2 Å². The zero-order chi connectivity index (χ0) is 6.85. The maximum atomic E-state index is 10.4. The van der Waals surface area contributed by atoms with Crippen molar-refractivity contribution in [2.75, 3.05) is 0 Å². The normalized spacial score (nSPS) is 18.9. The van der Waals surface area contributed by atoms with Crippen molar-refractivity contribution in [2.24, 2.45) is 0 Å². The molecule has 0 spiro atoms. The van der Waals surface area contributed by atoms with E-state index in [0.29, 0.717) is 0 Å². The molecule has 3 heteroatoms. The molecule has 0 heterocycles. The molecule has 0 aromatic carbocycles. The van der Waals surface area contributed by atoms with Crippen LogP contribution in [0.15, 0.2) is 23.7 Å². The monoisotopic (exact) mass is 126 g/mol. The highest BCUT2D eigenvalue weighted by Gasteiger charge is 2.13. The van der Waals surface area contributed by atoms with Crippen LogP contribution in [0.2, 0.25) is 0 Å². The second-order valence-electron chi connectivity index (χ2n) is 1.77. The summed E-state index contributed by atoms with van der Waals surface area (Å²) in [7, 11) is 0. The first-order chi connectivity index (χ1) is 4.22. The average Bonchev–Trinajstić information content (AvgIpc) is 1.83. The fourth-order valence-corrected chi connectivity index (χ4v) is 0.595. The maximum Gasteiger partial charge on any atom is 0.223 e. The maximum absolute atomic E-state index is 10.4. The number of ketones is 1. The summed E-state index contributed by atoms with van der Waals surface area (Å²) in [6, 6.07) is 0. The van der Waals surface area contributed by atoms with Gasteiger partial charge in [0.2, 0.25) is 11.5 Å². The van der Waals surface area contributed by atoms with Crippen molar-refractivity contribution < 1.29 is 15.0 Å². The summed E-state index contributed by atoms with van der Waals surface area (Å²) in [6.45, 7) is 0. The summed E-state index contributed by atoms with van der Waals surface area (Å²) in [5.41, 5.74) is 0. The minimum atomic E-state index is -0.530. The molecule has 0 fully saturated rings. The van der Waals surface area contributed by atoms with Crippen LogP contribution in [0.3, 0.4) is 0 Å². The molecule has 3 nitrogen and oxygen atoms in total. The number of carbonyl (C=O) groups excluding carboxylic acids is 1. The molecular formula is C6H6O3. The Morgan fingerprint density at radius 1 is 1.44 bits per heavy atom. The van der Waals surface area contributed by atoms with Gasteiger partial charge in [0.25, 0.3) is 0 Å². The fourth-order valence-electron chi connectivity index (χ4n) is 0.595. The number of carbonyl (C=O) groups is 1. The van der Waals surface area contributed by atoms with Crippen molar-refractivity contribution >= 4 is 5.78 Å². The van der Waals surface area contributed by atoms with Crippen LogP contribution in [0.25, 0.3) is 0 Å². The lowest BCUT2D eigenvalue weighted by molar-refractivity contribution is -0.114. The van der Waals surface area contributed by atoms with Crippen LogP contribution in [0.1, 0.15) is 6.42 Å². The molecule has 0 aromatic heterocycles. The van der Waals surface area contributed by atoms with Gasteiger partial charge in [-0.15, -0.1) is 0 Å². The quantitative estimate of drug-likeness (QED) is 0.505. The molecule has 9 heavy (non-hydrogen) atoms. The Bertz CT molecular complexity index is 200. The van der Waals surface area contributed by atoms with Gasteiger partial charge < -0.3 is 10.2 Å². The van der Waals surface area contributed by atoms with Crippen molar-refractivity contribution in [3.63, 3.8) is 0 Å². The van der Waals surface area contributed by atoms with Crippen molar-refractivity contribution in [1.82, 2.24) is 0 Å². The van der Waals surface area contributed by atoms with Crippen LogP contribution in [0.4, 0.5) is 0 Å². The molecule has 1 aliphatic rings. The van der Waals surface area contributed by atoms with Crippen molar-refractivity contribution in [2.45, 2.75) is 6.42 Å². The first kappa shape index (κ1) is 5.88. The van der Waals surface area contributed by atoms with Crippen LogP contribution in [0.5, 0.6) is 0 Å². The van der Waals surface area contributed by atoms with E-state index in [9.17, 15) is 4.79 Å². The van der Waals surface area contributed by atoms with Crippen molar-refractivity contribution in [3.05, 3.63) is 23.7 Å². The van der Waals surface area contributed by atoms with E-state index in [0.717, 1.165) is 0 Å². The van der Waals surface area contributed by atoms with Gasteiger partial charge in [-0.05, 0) is 6.08 Å².